The number of carbonyl (C=O) groups excluding carboxylic acids is 1. The topological polar surface area (TPSA) is 52.6 Å². The van der Waals surface area contributed by atoms with Crippen LogP contribution in [0.1, 0.15) is 38.5 Å². The molecule has 1 aliphatic carbocycles. The Kier molecular flexibility index (Phi) is 5.55. The van der Waals surface area contributed by atoms with E-state index in [0.29, 0.717) is 5.92 Å². The Balaban J connectivity index is 1.51. The summed E-state index contributed by atoms with van der Waals surface area (Å²) in [5, 5.41) is 12.5. The van der Waals surface area contributed by atoms with Crippen molar-refractivity contribution in [3.05, 3.63) is 30.3 Å². The van der Waals surface area contributed by atoms with Crippen molar-refractivity contribution in [2.45, 2.75) is 44.6 Å². The minimum atomic E-state index is 0.143. The predicted molar refractivity (Wildman–Crippen MR) is 92.4 cm³/mol. The number of hydrogen-bond donors (Lipinski definition) is 2. The minimum Gasteiger partial charge on any atom is -0.396 e. The van der Waals surface area contributed by atoms with Crippen LogP contribution in [0.2, 0.25) is 0 Å². The van der Waals surface area contributed by atoms with Crippen LogP contribution in [-0.4, -0.2) is 36.8 Å². The summed E-state index contributed by atoms with van der Waals surface area (Å²) in [7, 11) is 0. The van der Waals surface area contributed by atoms with Crippen LogP contribution in [-0.2, 0) is 4.79 Å². The zero-order valence-electron chi connectivity index (χ0n) is 13.8. The number of para-hydroxylation sites is 1. The summed E-state index contributed by atoms with van der Waals surface area (Å²) in [6, 6.07) is 10.7. The number of benzene rings is 1. The summed E-state index contributed by atoms with van der Waals surface area (Å²) in [6.45, 7) is 2.24. The molecule has 1 unspecified atom stereocenters. The average Bonchev–Trinajstić information content (AvgIpc) is 2.63. The highest BCUT2D eigenvalue weighted by Crippen LogP contribution is 2.29. The van der Waals surface area contributed by atoms with Gasteiger partial charge in [0.1, 0.15) is 0 Å². The number of aliphatic hydroxyl groups is 1. The van der Waals surface area contributed by atoms with Gasteiger partial charge in [0.15, 0.2) is 0 Å². The van der Waals surface area contributed by atoms with Crippen molar-refractivity contribution >= 4 is 11.6 Å². The molecule has 1 saturated heterocycles. The Bertz CT molecular complexity index is 497. The molecular formula is C19H28N2O2. The first kappa shape index (κ1) is 16.3. The number of anilines is 1. The standard InChI is InChI=1S/C19H28N2O2/c22-14-15-8-10-16(11-9-15)19(23)20-17-5-4-12-21(13-17)18-6-2-1-3-7-18/h1-3,6-7,15-17,22H,4-5,8-14H2,(H,20,23). The molecule has 2 aliphatic rings. The molecule has 1 heterocycles. The number of nitrogens with one attached hydrogen (secondary N) is 1. The molecular weight excluding hydrogens is 288 g/mol. The lowest BCUT2D eigenvalue weighted by molar-refractivity contribution is -0.127. The van der Waals surface area contributed by atoms with Gasteiger partial charge in [-0.1, -0.05) is 18.2 Å². The second kappa shape index (κ2) is 7.82. The Morgan fingerprint density at radius 3 is 2.57 bits per heavy atom. The van der Waals surface area contributed by atoms with Crippen LogP contribution in [0.5, 0.6) is 0 Å². The third kappa shape index (κ3) is 4.25. The fraction of sp³-hybridized carbons (Fsp3) is 0.632. The first-order valence-electron chi connectivity index (χ1n) is 8.97. The highest BCUT2D eigenvalue weighted by molar-refractivity contribution is 5.79. The molecule has 0 radical (unpaired) electrons. The molecule has 1 aromatic rings. The molecule has 1 aliphatic heterocycles. The molecule has 23 heavy (non-hydrogen) atoms. The maximum atomic E-state index is 12.5. The molecule has 1 atom stereocenters. The van der Waals surface area contributed by atoms with Crippen LogP contribution < -0.4 is 10.2 Å². The summed E-state index contributed by atoms with van der Waals surface area (Å²) in [5.74, 6) is 0.772. The maximum Gasteiger partial charge on any atom is 0.223 e. The van der Waals surface area contributed by atoms with E-state index >= 15 is 0 Å². The van der Waals surface area contributed by atoms with Gasteiger partial charge in [-0.15, -0.1) is 0 Å². The van der Waals surface area contributed by atoms with E-state index in [9.17, 15) is 9.90 Å². The second-order valence-corrected chi connectivity index (χ2v) is 7.03. The number of aliphatic hydroxyl groups excluding tert-OH is 1. The van der Waals surface area contributed by atoms with E-state index < -0.39 is 0 Å². The number of rotatable bonds is 4. The lowest BCUT2D eigenvalue weighted by atomic mass is 9.82. The van der Waals surface area contributed by atoms with Gasteiger partial charge in [-0.2, -0.15) is 0 Å². The first-order valence-corrected chi connectivity index (χ1v) is 8.97. The highest BCUT2D eigenvalue weighted by Gasteiger charge is 2.28. The normalized spacial score (nSPS) is 28.4. The van der Waals surface area contributed by atoms with E-state index in [1.165, 1.54) is 5.69 Å². The third-order valence-electron chi connectivity index (χ3n) is 5.36. The smallest absolute Gasteiger partial charge is 0.223 e. The minimum absolute atomic E-state index is 0.143. The Labute approximate surface area is 138 Å². The molecule has 2 N–H and O–H groups in total. The first-order chi connectivity index (χ1) is 11.3. The van der Waals surface area contributed by atoms with Gasteiger partial charge in [0.2, 0.25) is 5.91 Å². The van der Waals surface area contributed by atoms with E-state index in [2.05, 4.69) is 34.5 Å². The van der Waals surface area contributed by atoms with E-state index in [-0.39, 0.29) is 24.5 Å². The molecule has 0 aromatic heterocycles. The van der Waals surface area contributed by atoms with E-state index in [1.54, 1.807) is 0 Å². The van der Waals surface area contributed by atoms with Crippen LogP contribution in [0, 0.1) is 11.8 Å². The van der Waals surface area contributed by atoms with Gasteiger partial charge in [0.05, 0.1) is 0 Å². The SMILES string of the molecule is O=C(NC1CCCN(c2ccccc2)C1)C1CCC(CO)CC1. The van der Waals surface area contributed by atoms with Gasteiger partial charge in [-0.05, 0) is 56.6 Å². The van der Waals surface area contributed by atoms with Crippen molar-refractivity contribution in [3.63, 3.8) is 0 Å². The second-order valence-electron chi connectivity index (χ2n) is 7.03. The average molecular weight is 316 g/mol. The van der Waals surface area contributed by atoms with Crippen LogP contribution in [0.4, 0.5) is 5.69 Å². The number of nitrogens with zero attached hydrogens (tertiary/aromatic N) is 1. The maximum absolute atomic E-state index is 12.5. The van der Waals surface area contributed by atoms with E-state index in [0.717, 1.165) is 51.6 Å². The lowest BCUT2D eigenvalue weighted by Gasteiger charge is -2.36. The molecule has 1 amide bonds. The van der Waals surface area contributed by atoms with Crippen LogP contribution in [0.15, 0.2) is 30.3 Å². The Morgan fingerprint density at radius 1 is 1.13 bits per heavy atom. The quantitative estimate of drug-likeness (QED) is 0.897. The van der Waals surface area contributed by atoms with Crippen LogP contribution in [0.25, 0.3) is 0 Å². The fourth-order valence-electron chi connectivity index (χ4n) is 3.89. The number of carbonyl (C=O) groups is 1. The fourth-order valence-corrected chi connectivity index (χ4v) is 3.89. The summed E-state index contributed by atoms with van der Waals surface area (Å²) in [5.41, 5.74) is 1.25. The third-order valence-corrected chi connectivity index (χ3v) is 5.36. The predicted octanol–water partition coefficient (Wildman–Crippen LogP) is 2.57. The molecule has 1 aromatic carbocycles. The van der Waals surface area contributed by atoms with Gasteiger partial charge in [-0.25, -0.2) is 0 Å². The van der Waals surface area contributed by atoms with Crippen molar-refractivity contribution in [1.82, 2.24) is 5.32 Å². The molecule has 2 fully saturated rings. The summed E-state index contributed by atoms with van der Waals surface area (Å²) in [6.07, 6.45) is 6.00. The summed E-state index contributed by atoms with van der Waals surface area (Å²) in [4.78, 5) is 14.9. The summed E-state index contributed by atoms with van der Waals surface area (Å²) < 4.78 is 0. The largest absolute Gasteiger partial charge is 0.396 e. The van der Waals surface area contributed by atoms with Gasteiger partial charge < -0.3 is 15.3 Å². The molecule has 4 heteroatoms. The van der Waals surface area contributed by atoms with Crippen molar-refractivity contribution < 1.29 is 9.90 Å². The van der Waals surface area contributed by atoms with Crippen molar-refractivity contribution in [3.8, 4) is 0 Å². The zero-order valence-corrected chi connectivity index (χ0v) is 13.8. The molecule has 126 valence electrons. The monoisotopic (exact) mass is 316 g/mol. The van der Waals surface area contributed by atoms with Crippen molar-refractivity contribution in [1.29, 1.82) is 0 Å². The number of hydrogen-bond acceptors (Lipinski definition) is 3. The van der Waals surface area contributed by atoms with Gasteiger partial charge in [0.25, 0.3) is 0 Å². The van der Waals surface area contributed by atoms with Crippen molar-refractivity contribution in [2.75, 3.05) is 24.6 Å². The molecule has 1 saturated carbocycles. The zero-order chi connectivity index (χ0) is 16.1. The van der Waals surface area contributed by atoms with Crippen molar-refractivity contribution in [2.24, 2.45) is 11.8 Å². The van der Waals surface area contributed by atoms with Gasteiger partial charge in [-0.3, -0.25) is 4.79 Å². The van der Waals surface area contributed by atoms with E-state index in [4.69, 9.17) is 0 Å². The van der Waals surface area contributed by atoms with Gasteiger partial charge in [0, 0.05) is 37.3 Å². The lowest BCUT2D eigenvalue weighted by Crippen LogP contribution is -2.49. The summed E-state index contributed by atoms with van der Waals surface area (Å²) >= 11 is 0. The molecule has 0 bridgehead atoms. The molecule has 0 spiro atoms. The number of piperidine rings is 1. The Morgan fingerprint density at radius 2 is 1.87 bits per heavy atom. The molecule has 3 rings (SSSR count). The van der Waals surface area contributed by atoms with E-state index in [1.807, 2.05) is 6.07 Å². The van der Waals surface area contributed by atoms with Crippen LogP contribution in [0.3, 0.4) is 0 Å². The Hall–Kier alpha value is -1.55. The van der Waals surface area contributed by atoms with Gasteiger partial charge >= 0.3 is 0 Å². The van der Waals surface area contributed by atoms with Crippen LogP contribution >= 0.6 is 0 Å². The number of amides is 1. The highest BCUT2D eigenvalue weighted by atomic mass is 16.3. The molecule has 4 nitrogen and oxygen atoms in total.